The first-order valence-corrected chi connectivity index (χ1v) is 13.8. The van der Waals surface area contributed by atoms with Gasteiger partial charge in [-0.1, -0.05) is 53.7 Å². The number of nitrogens with zero attached hydrogens (tertiary/aromatic N) is 2. The largest absolute Gasteiger partial charge is 0.493 e. The molecule has 40 heavy (non-hydrogen) atoms. The zero-order valence-corrected chi connectivity index (χ0v) is 25.6. The standard InChI is InChI=1S/C34H43N3O3/c1-22-17-18-37-28(19-22)35-29(30(37)36-34(8,9)21-32(2,3)4)24-13-16-26(27(20-24)39-10)40-31(38)23-11-14-25(15-12-23)33(5,6)7/h11-20,36H,21H2,1-10H3. The summed E-state index contributed by atoms with van der Waals surface area (Å²) in [6, 6.07) is 17.3. The van der Waals surface area contributed by atoms with E-state index < -0.39 is 5.97 Å². The van der Waals surface area contributed by atoms with Crippen molar-refractivity contribution >= 4 is 17.4 Å². The molecule has 6 nitrogen and oxygen atoms in total. The predicted octanol–water partition coefficient (Wildman–Crippen LogP) is 8.46. The second-order valence-corrected chi connectivity index (χ2v) is 13.6. The van der Waals surface area contributed by atoms with E-state index >= 15 is 0 Å². The molecule has 1 N–H and O–H groups in total. The lowest BCUT2D eigenvalue weighted by Crippen LogP contribution is -2.36. The molecule has 2 heterocycles. The number of hydrogen-bond acceptors (Lipinski definition) is 5. The highest BCUT2D eigenvalue weighted by molar-refractivity contribution is 5.91. The van der Waals surface area contributed by atoms with Crippen LogP contribution in [0.4, 0.5) is 5.82 Å². The number of carbonyl (C=O) groups excluding carboxylic acids is 1. The third-order valence-corrected chi connectivity index (χ3v) is 6.84. The third kappa shape index (κ3) is 6.67. The van der Waals surface area contributed by atoms with Crippen LogP contribution in [0.3, 0.4) is 0 Å². The van der Waals surface area contributed by atoms with Crippen molar-refractivity contribution in [3.05, 3.63) is 77.5 Å². The molecule has 0 atom stereocenters. The van der Waals surface area contributed by atoms with Crippen molar-refractivity contribution in [2.45, 2.75) is 79.7 Å². The molecule has 2 aromatic carbocycles. The summed E-state index contributed by atoms with van der Waals surface area (Å²) >= 11 is 0. The number of nitrogens with one attached hydrogen (secondary N) is 1. The second kappa shape index (κ2) is 10.6. The number of hydrogen-bond donors (Lipinski definition) is 1. The fourth-order valence-corrected chi connectivity index (χ4v) is 5.32. The molecule has 0 aliphatic carbocycles. The highest BCUT2D eigenvalue weighted by atomic mass is 16.6. The first-order chi connectivity index (χ1) is 18.6. The van der Waals surface area contributed by atoms with Crippen molar-refractivity contribution in [2.24, 2.45) is 5.41 Å². The summed E-state index contributed by atoms with van der Waals surface area (Å²) < 4.78 is 13.5. The maximum absolute atomic E-state index is 13.0. The summed E-state index contributed by atoms with van der Waals surface area (Å²) in [5.41, 5.74) is 5.28. The number of benzene rings is 2. The Bertz CT molecular complexity index is 1520. The Morgan fingerprint density at radius 1 is 0.900 bits per heavy atom. The first-order valence-electron chi connectivity index (χ1n) is 13.8. The molecule has 0 bridgehead atoms. The molecule has 0 aliphatic heterocycles. The average Bonchev–Trinajstić information content (AvgIpc) is 3.18. The Balaban J connectivity index is 1.69. The summed E-state index contributed by atoms with van der Waals surface area (Å²) in [6.07, 6.45) is 3.02. The zero-order chi connectivity index (χ0) is 29.5. The zero-order valence-electron chi connectivity index (χ0n) is 25.6. The SMILES string of the molecule is COc1cc(-c2nc3cc(C)ccn3c2NC(C)(C)CC(C)(C)C)ccc1OC(=O)c1ccc(C(C)(C)C)cc1. The van der Waals surface area contributed by atoms with Gasteiger partial charge in [0.1, 0.15) is 17.2 Å². The van der Waals surface area contributed by atoms with Gasteiger partial charge in [0.25, 0.3) is 0 Å². The van der Waals surface area contributed by atoms with Gasteiger partial charge < -0.3 is 14.8 Å². The molecule has 0 saturated carbocycles. The van der Waals surface area contributed by atoms with Crippen molar-refractivity contribution in [2.75, 3.05) is 12.4 Å². The van der Waals surface area contributed by atoms with Gasteiger partial charge >= 0.3 is 5.97 Å². The molecule has 0 saturated heterocycles. The number of rotatable bonds is 7. The van der Waals surface area contributed by atoms with Crippen LogP contribution in [0.1, 0.15) is 83.3 Å². The topological polar surface area (TPSA) is 64.9 Å². The molecule has 0 unspecified atom stereocenters. The minimum atomic E-state index is -0.430. The fourth-order valence-electron chi connectivity index (χ4n) is 5.32. The molecule has 0 spiro atoms. The van der Waals surface area contributed by atoms with Crippen molar-refractivity contribution in [1.82, 2.24) is 9.38 Å². The number of ether oxygens (including phenoxy) is 2. The van der Waals surface area contributed by atoms with Gasteiger partial charge in [-0.2, -0.15) is 0 Å². The van der Waals surface area contributed by atoms with Crippen LogP contribution in [0.5, 0.6) is 11.5 Å². The Kier molecular flexibility index (Phi) is 7.77. The molecule has 6 heteroatoms. The van der Waals surface area contributed by atoms with Gasteiger partial charge in [-0.3, -0.25) is 4.40 Å². The molecular formula is C34H43N3O3. The van der Waals surface area contributed by atoms with E-state index in [1.54, 1.807) is 25.3 Å². The van der Waals surface area contributed by atoms with Gasteiger partial charge in [0, 0.05) is 17.3 Å². The predicted molar refractivity (Wildman–Crippen MR) is 164 cm³/mol. The molecule has 0 aliphatic rings. The minimum Gasteiger partial charge on any atom is -0.493 e. The summed E-state index contributed by atoms with van der Waals surface area (Å²) in [5, 5.41) is 3.78. The number of pyridine rings is 1. The number of esters is 1. The van der Waals surface area contributed by atoms with Crippen LogP contribution in [0, 0.1) is 12.3 Å². The number of imidazole rings is 1. The molecule has 2 aromatic heterocycles. The summed E-state index contributed by atoms with van der Waals surface area (Å²) in [5.74, 6) is 1.31. The van der Waals surface area contributed by atoms with E-state index in [0.717, 1.165) is 40.3 Å². The summed E-state index contributed by atoms with van der Waals surface area (Å²) in [7, 11) is 1.58. The van der Waals surface area contributed by atoms with Crippen LogP contribution in [-0.4, -0.2) is 28.0 Å². The lowest BCUT2D eigenvalue weighted by Gasteiger charge is -2.34. The number of anilines is 1. The maximum atomic E-state index is 13.0. The lowest BCUT2D eigenvalue weighted by atomic mass is 9.82. The summed E-state index contributed by atoms with van der Waals surface area (Å²) in [4.78, 5) is 18.0. The van der Waals surface area contributed by atoms with Gasteiger partial charge in [0.15, 0.2) is 11.5 Å². The Morgan fingerprint density at radius 2 is 1.57 bits per heavy atom. The van der Waals surface area contributed by atoms with E-state index in [9.17, 15) is 4.79 Å². The molecule has 4 aromatic rings. The van der Waals surface area contributed by atoms with Crippen LogP contribution < -0.4 is 14.8 Å². The number of carbonyl (C=O) groups is 1. The van der Waals surface area contributed by atoms with Gasteiger partial charge in [-0.05, 0) is 91.6 Å². The Labute approximate surface area is 238 Å². The quantitative estimate of drug-likeness (QED) is 0.188. The molecule has 0 fully saturated rings. The smallest absolute Gasteiger partial charge is 0.343 e. The molecule has 0 radical (unpaired) electrons. The van der Waals surface area contributed by atoms with E-state index in [1.807, 2.05) is 24.3 Å². The normalized spacial score (nSPS) is 12.4. The van der Waals surface area contributed by atoms with Crippen LogP contribution >= 0.6 is 0 Å². The highest BCUT2D eigenvalue weighted by Gasteiger charge is 2.28. The van der Waals surface area contributed by atoms with E-state index in [1.165, 1.54) is 0 Å². The van der Waals surface area contributed by atoms with Crippen molar-refractivity contribution in [3.8, 4) is 22.8 Å². The van der Waals surface area contributed by atoms with Crippen molar-refractivity contribution in [1.29, 1.82) is 0 Å². The van der Waals surface area contributed by atoms with Crippen molar-refractivity contribution < 1.29 is 14.3 Å². The Hall–Kier alpha value is -3.80. The van der Waals surface area contributed by atoms with E-state index in [-0.39, 0.29) is 16.4 Å². The third-order valence-electron chi connectivity index (χ3n) is 6.84. The number of methoxy groups -OCH3 is 1. The monoisotopic (exact) mass is 541 g/mol. The van der Waals surface area contributed by atoms with Gasteiger partial charge in [-0.25, -0.2) is 9.78 Å². The summed E-state index contributed by atoms with van der Waals surface area (Å²) in [6.45, 7) is 19.7. The number of fused-ring (bicyclic) bond motifs is 1. The average molecular weight is 542 g/mol. The number of aryl methyl sites for hydroxylation is 1. The van der Waals surface area contributed by atoms with E-state index in [0.29, 0.717) is 17.1 Å². The first kappa shape index (κ1) is 29.2. The van der Waals surface area contributed by atoms with Crippen molar-refractivity contribution in [3.63, 3.8) is 0 Å². The second-order valence-electron chi connectivity index (χ2n) is 13.6. The van der Waals surface area contributed by atoms with Crippen LogP contribution in [-0.2, 0) is 5.41 Å². The van der Waals surface area contributed by atoms with E-state index in [2.05, 4.69) is 90.4 Å². The van der Waals surface area contributed by atoms with E-state index in [4.69, 9.17) is 14.5 Å². The van der Waals surface area contributed by atoms with Gasteiger partial charge in [0.2, 0.25) is 0 Å². The molecule has 0 amide bonds. The highest BCUT2D eigenvalue weighted by Crippen LogP contribution is 2.38. The van der Waals surface area contributed by atoms with Gasteiger partial charge in [-0.15, -0.1) is 0 Å². The lowest BCUT2D eigenvalue weighted by molar-refractivity contribution is 0.0729. The van der Waals surface area contributed by atoms with Crippen LogP contribution in [0.2, 0.25) is 0 Å². The van der Waals surface area contributed by atoms with Gasteiger partial charge in [0.05, 0.1) is 12.7 Å². The minimum absolute atomic E-state index is 0.00771. The fraction of sp³-hybridized carbons (Fsp3) is 0.412. The molecule has 212 valence electrons. The molecular weight excluding hydrogens is 498 g/mol. The maximum Gasteiger partial charge on any atom is 0.343 e. The molecule has 4 rings (SSSR count). The Morgan fingerprint density at radius 3 is 2.17 bits per heavy atom. The van der Waals surface area contributed by atoms with Crippen LogP contribution in [0.15, 0.2) is 60.8 Å². The van der Waals surface area contributed by atoms with Crippen LogP contribution in [0.25, 0.3) is 16.9 Å². The number of aromatic nitrogens is 2.